The third-order valence-corrected chi connectivity index (χ3v) is 5.25. The Kier molecular flexibility index (Phi) is 9.51. The molecule has 0 aromatic heterocycles. The molecule has 9 heteroatoms. The summed E-state index contributed by atoms with van der Waals surface area (Å²) in [6.45, 7) is 4.33. The first-order valence-corrected chi connectivity index (χ1v) is 10.0. The molecule has 0 aliphatic carbocycles. The molecule has 8 nitrogen and oxygen atoms in total. The van der Waals surface area contributed by atoms with E-state index in [2.05, 4.69) is 21.6 Å². The number of rotatable bonds is 9. The lowest BCUT2D eigenvalue weighted by Crippen LogP contribution is -3.00. The van der Waals surface area contributed by atoms with Crippen LogP contribution in [-0.2, 0) is 0 Å². The van der Waals surface area contributed by atoms with Crippen LogP contribution in [0.2, 0.25) is 0 Å². The summed E-state index contributed by atoms with van der Waals surface area (Å²) in [5, 5.41) is 10.5. The number of nitrogens with zero attached hydrogens (tertiary/aromatic N) is 2. The Morgan fingerprint density at radius 2 is 1.58 bits per heavy atom. The van der Waals surface area contributed by atoms with Gasteiger partial charge in [-0.2, -0.15) is 0 Å². The summed E-state index contributed by atoms with van der Waals surface area (Å²) in [6.07, 6.45) is -0.601. The van der Waals surface area contributed by atoms with Gasteiger partial charge in [-0.3, -0.25) is 4.90 Å². The Bertz CT molecular complexity index is 806. The van der Waals surface area contributed by atoms with Crippen molar-refractivity contribution in [3.05, 3.63) is 36.4 Å². The fourth-order valence-electron chi connectivity index (χ4n) is 3.67. The normalized spacial score (nSPS) is 15.1. The van der Waals surface area contributed by atoms with Crippen molar-refractivity contribution in [2.75, 3.05) is 65.6 Å². The maximum atomic E-state index is 10.5. The van der Waals surface area contributed by atoms with E-state index in [1.54, 1.807) is 33.5 Å². The number of methoxy groups -OCH3 is 3. The molecule has 4 N–H and O–H groups in total. The number of aliphatic hydroxyl groups is 1. The van der Waals surface area contributed by atoms with E-state index in [4.69, 9.17) is 18.9 Å². The van der Waals surface area contributed by atoms with E-state index in [1.807, 2.05) is 18.2 Å². The highest BCUT2D eigenvalue weighted by Crippen LogP contribution is 2.40. The van der Waals surface area contributed by atoms with Crippen LogP contribution < -0.4 is 42.0 Å². The van der Waals surface area contributed by atoms with Crippen LogP contribution in [0.1, 0.15) is 0 Å². The smallest absolute Gasteiger partial charge is 0.203 e. The van der Waals surface area contributed by atoms with E-state index in [-0.39, 0.29) is 19.0 Å². The minimum atomic E-state index is -0.601. The largest absolute Gasteiger partial charge is 1.00 e. The molecule has 0 saturated carbocycles. The first kappa shape index (κ1) is 24.9. The lowest BCUT2D eigenvalue weighted by atomic mass is 10.2. The van der Waals surface area contributed by atoms with Crippen molar-refractivity contribution < 1.29 is 42.2 Å². The van der Waals surface area contributed by atoms with Gasteiger partial charge in [0, 0.05) is 50.9 Å². The molecule has 0 amide bonds. The second-order valence-corrected chi connectivity index (χ2v) is 7.24. The number of piperazine rings is 1. The van der Waals surface area contributed by atoms with E-state index in [0.29, 0.717) is 29.5 Å². The van der Waals surface area contributed by atoms with Crippen LogP contribution in [-0.4, -0.2) is 76.8 Å². The first-order valence-electron chi connectivity index (χ1n) is 10.0. The minimum Gasteiger partial charge on any atom is -1.00 e. The zero-order valence-electron chi connectivity index (χ0n) is 18.3. The molecule has 1 aliphatic rings. The monoisotopic (exact) mass is 453 g/mol. The lowest BCUT2D eigenvalue weighted by Gasteiger charge is -2.36. The molecule has 1 saturated heterocycles. The summed E-state index contributed by atoms with van der Waals surface area (Å²) in [5.74, 6) is 2.10. The van der Waals surface area contributed by atoms with Gasteiger partial charge in [0.2, 0.25) is 5.75 Å². The Morgan fingerprint density at radius 1 is 0.968 bits per heavy atom. The van der Waals surface area contributed by atoms with Crippen molar-refractivity contribution in [2.24, 2.45) is 0 Å². The maximum absolute atomic E-state index is 10.5. The third kappa shape index (κ3) is 6.30. The lowest BCUT2D eigenvalue weighted by molar-refractivity contribution is -0.253. The SMILES string of the molecule is COc1cc(OCC(O)CN2CCN(c3ccccc3[NH3+])CC2)cc(OC)c1OC.[Cl-]. The van der Waals surface area contributed by atoms with Crippen LogP contribution in [0.4, 0.5) is 11.4 Å². The second kappa shape index (κ2) is 11.9. The highest BCUT2D eigenvalue weighted by Gasteiger charge is 2.22. The van der Waals surface area contributed by atoms with Crippen LogP contribution >= 0.6 is 0 Å². The number of hydrogen-bond acceptors (Lipinski definition) is 7. The van der Waals surface area contributed by atoms with Crippen molar-refractivity contribution in [3.63, 3.8) is 0 Å². The van der Waals surface area contributed by atoms with E-state index in [9.17, 15) is 5.11 Å². The number of quaternary nitrogens is 1. The number of aliphatic hydroxyl groups excluding tert-OH is 1. The Hall–Kier alpha value is -2.39. The van der Waals surface area contributed by atoms with E-state index < -0.39 is 6.10 Å². The highest BCUT2D eigenvalue weighted by molar-refractivity contribution is 5.62. The number of hydrogen-bond donors (Lipinski definition) is 2. The van der Waals surface area contributed by atoms with Gasteiger partial charge in [0.1, 0.15) is 18.5 Å². The van der Waals surface area contributed by atoms with Crippen molar-refractivity contribution in [1.82, 2.24) is 4.90 Å². The maximum Gasteiger partial charge on any atom is 0.203 e. The van der Waals surface area contributed by atoms with E-state index in [0.717, 1.165) is 31.9 Å². The van der Waals surface area contributed by atoms with E-state index in [1.165, 1.54) is 5.69 Å². The zero-order chi connectivity index (χ0) is 21.5. The fourth-order valence-corrected chi connectivity index (χ4v) is 3.67. The number of ether oxygens (including phenoxy) is 4. The highest BCUT2D eigenvalue weighted by atomic mass is 35.5. The topological polar surface area (TPSA) is 91.3 Å². The van der Waals surface area contributed by atoms with Crippen molar-refractivity contribution in [3.8, 4) is 23.0 Å². The van der Waals surface area contributed by atoms with Gasteiger partial charge in [-0.25, -0.2) is 0 Å². The molecule has 0 bridgehead atoms. The quantitative estimate of drug-likeness (QED) is 0.460. The molecule has 1 heterocycles. The number of halogens is 1. The third-order valence-electron chi connectivity index (χ3n) is 5.25. The molecule has 1 aliphatic heterocycles. The van der Waals surface area contributed by atoms with Gasteiger partial charge >= 0.3 is 0 Å². The molecule has 1 fully saturated rings. The summed E-state index contributed by atoms with van der Waals surface area (Å²) < 4.78 is 21.8. The molecular weight excluding hydrogens is 422 g/mol. The van der Waals surface area contributed by atoms with Crippen LogP contribution in [0, 0.1) is 0 Å². The Balaban J connectivity index is 0.00000341. The number of benzene rings is 2. The van der Waals surface area contributed by atoms with Gasteiger partial charge < -0.3 is 47.1 Å². The Morgan fingerprint density at radius 3 is 2.13 bits per heavy atom. The fraction of sp³-hybridized carbons (Fsp3) is 0.455. The molecule has 172 valence electrons. The number of β-amino-alcohol motifs (C(OH)–C–C–N with tert-alkyl or cyclic N) is 1. The molecule has 3 rings (SSSR count). The van der Waals surface area contributed by atoms with Gasteiger partial charge in [-0.1, -0.05) is 12.1 Å². The van der Waals surface area contributed by atoms with Gasteiger partial charge in [0.05, 0.1) is 27.0 Å². The van der Waals surface area contributed by atoms with Crippen LogP contribution in [0.3, 0.4) is 0 Å². The first-order chi connectivity index (χ1) is 14.5. The van der Waals surface area contributed by atoms with Crippen molar-refractivity contribution in [1.29, 1.82) is 0 Å². The van der Waals surface area contributed by atoms with Crippen molar-refractivity contribution in [2.45, 2.75) is 6.10 Å². The van der Waals surface area contributed by atoms with Gasteiger partial charge in [0.15, 0.2) is 17.2 Å². The summed E-state index contributed by atoms with van der Waals surface area (Å²) in [4.78, 5) is 4.60. The summed E-state index contributed by atoms with van der Waals surface area (Å²) in [5.41, 5.74) is 6.34. The summed E-state index contributed by atoms with van der Waals surface area (Å²) in [6, 6.07) is 11.6. The van der Waals surface area contributed by atoms with E-state index >= 15 is 0 Å². The molecule has 0 radical (unpaired) electrons. The standard InChI is InChI=1S/C22H31N3O5.ClH/c1-27-20-12-17(13-21(28-2)22(20)29-3)30-15-16(26)14-24-8-10-25(11-9-24)19-7-5-4-6-18(19)23;/h4-7,12-13,16,26H,8-11,14-15,23H2,1-3H3;1H. The molecule has 1 atom stereocenters. The van der Waals surface area contributed by atoms with Crippen LogP contribution in [0.15, 0.2) is 36.4 Å². The Labute approximate surface area is 189 Å². The number of para-hydroxylation sites is 1. The second-order valence-electron chi connectivity index (χ2n) is 7.24. The molecular formula is C22H32ClN3O5. The van der Waals surface area contributed by atoms with Crippen LogP contribution in [0.25, 0.3) is 0 Å². The average Bonchev–Trinajstić information content (AvgIpc) is 2.77. The predicted molar refractivity (Wildman–Crippen MR) is 115 cm³/mol. The van der Waals surface area contributed by atoms with Gasteiger partial charge in [0.25, 0.3) is 0 Å². The number of anilines is 1. The molecule has 0 spiro atoms. The van der Waals surface area contributed by atoms with Gasteiger partial charge in [-0.15, -0.1) is 0 Å². The predicted octanol–water partition coefficient (Wildman–Crippen LogP) is -1.85. The molecule has 2 aromatic rings. The molecule has 1 unspecified atom stereocenters. The minimum absolute atomic E-state index is 0. The molecule has 2 aromatic carbocycles. The summed E-state index contributed by atoms with van der Waals surface area (Å²) >= 11 is 0. The van der Waals surface area contributed by atoms with Crippen molar-refractivity contribution >= 4 is 11.4 Å². The van der Waals surface area contributed by atoms with Gasteiger partial charge in [-0.05, 0) is 6.07 Å². The van der Waals surface area contributed by atoms with Crippen LogP contribution in [0.5, 0.6) is 23.0 Å². The average molecular weight is 454 g/mol. The molecule has 31 heavy (non-hydrogen) atoms. The zero-order valence-corrected chi connectivity index (χ0v) is 19.1. The summed E-state index contributed by atoms with van der Waals surface area (Å²) in [7, 11) is 4.67.